The molecule has 16 aromatic rings. The average Bonchev–Trinajstić information content (AvgIpc) is 0.774. The van der Waals surface area contributed by atoms with Gasteiger partial charge in [-0.3, -0.25) is 66.4 Å². The molecule has 0 saturated carbocycles. The maximum absolute atomic E-state index is 12.9. The second-order valence-electron chi connectivity index (χ2n) is 34.1. The minimum absolute atomic E-state index is 0.0808. The van der Waals surface area contributed by atoms with Crippen molar-refractivity contribution in [3.05, 3.63) is 462 Å². The molecule has 0 bridgehead atoms. The van der Waals surface area contributed by atoms with E-state index in [-0.39, 0.29) is 82.5 Å². The Labute approximate surface area is 846 Å². The predicted molar refractivity (Wildman–Crippen MR) is 578 cm³/mol. The highest BCUT2D eigenvalue weighted by Gasteiger charge is 2.29. The Morgan fingerprint density at radius 3 is 1.31 bits per heavy atom. The van der Waals surface area contributed by atoms with E-state index in [1.165, 1.54) is 113 Å². The number of hydrogen-bond acceptors (Lipinski definition) is 20. The average molecular weight is 1950 g/mol. The quantitative estimate of drug-likeness (QED) is 0.0533. The summed E-state index contributed by atoms with van der Waals surface area (Å²) in [5.74, 6) is 2.94. The number of pyridine rings is 1. The van der Waals surface area contributed by atoms with E-state index in [4.69, 9.17) is 22.3 Å². The van der Waals surface area contributed by atoms with Crippen molar-refractivity contribution in [3.8, 4) is 42.3 Å². The highest BCUT2D eigenvalue weighted by Crippen LogP contribution is 2.32. The topological polar surface area (TPSA) is 341 Å². The Morgan fingerprint density at radius 2 is 0.810 bits per heavy atom. The first kappa shape index (κ1) is 105. The number of fused-ring (bicyclic) bond motifs is 6. The lowest BCUT2D eigenvalue weighted by atomic mass is 10.0. The first-order valence-electron chi connectivity index (χ1n) is 46.4. The monoisotopic (exact) mass is 1950 g/mol. The minimum atomic E-state index is -0.992. The number of imide groups is 1. The lowest BCUT2D eigenvalue weighted by molar-refractivity contribution is -0.123. The summed E-state index contributed by atoms with van der Waals surface area (Å²) in [7, 11) is 0. The molecule has 18 rings (SSSR count). The van der Waals surface area contributed by atoms with Crippen LogP contribution in [0.4, 0.5) is 17.1 Å². The smallest absolute Gasteiger partial charge is 0.429 e. The Hall–Kier alpha value is -19.5. The molecule has 0 fully saturated rings. The number of rotatable bonds is 16. The first-order valence-corrected chi connectivity index (χ1v) is 46.4. The molecule has 2 aliphatic heterocycles. The zero-order valence-electron chi connectivity index (χ0n) is 82.2. The van der Waals surface area contributed by atoms with Gasteiger partial charge in [-0.05, 0) is 292 Å². The van der Waals surface area contributed by atoms with Crippen molar-refractivity contribution < 1.29 is 52.2 Å². The second kappa shape index (κ2) is 49.1. The number of allylic oxidation sites excluding steroid dienone is 4. The number of nitriles is 1. The van der Waals surface area contributed by atoms with Gasteiger partial charge >= 0.3 is 11.4 Å². The normalized spacial score (nSPS) is 12.0. The summed E-state index contributed by atoms with van der Waals surface area (Å²) in [6, 6.07) is 79.7. The fourth-order valence-electron chi connectivity index (χ4n) is 15.6. The molecular weight excluding hydrogens is 1850 g/mol. The number of ether oxygens (including phenoxy) is 2. The van der Waals surface area contributed by atoms with Crippen molar-refractivity contribution in [1.29, 1.82) is 5.26 Å². The van der Waals surface area contributed by atoms with Crippen LogP contribution in [0.15, 0.2) is 344 Å². The fraction of sp³-hybridized carbons (Fsp3) is 0.124. The number of aromatic nitrogens is 6. The number of amides is 3. The summed E-state index contributed by atoms with van der Waals surface area (Å²) in [5, 5.41) is 14.0. The Morgan fingerprint density at radius 1 is 0.408 bits per heavy atom. The number of carbonyl (C=O) groups is 8. The van der Waals surface area contributed by atoms with Crippen LogP contribution in [0.5, 0.6) is 11.5 Å². The molecule has 3 amide bonds. The molecule has 26 nitrogen and oxygen atoms in total. The third-order valence-electron chi connectivity index (χ3n) is 24.1. The van der Waals surface area contributed by atoms with Gasteiger partial charge in [-0.25, -0.2) is 19.1 Å². The van der Waals surface area contributed by atoms with E-state index in [2.05, 4.69) is 58.4 Å². The van der Waals surface area contributed by atoms with Gasteiger partial charge in [-0.15, -0.1) is 12.8 Å². The Bertz CT molecular complexity index is 8410. The summed E-state index contributed by atoms with van der Waals surface area (Å²) in [6.45, 7) is 20.9. The molecule has 26 heteroatoms. The standard InChI is InChI=1S/C22H15N3O3.C21H18N2O3.C20H19NO2.C20H17NO2.C19H16N2O2.C19H15NO4/c1-3-10-28-20-9-8-16(11-15(20)2)12-17(13-23)22(27)25-14-24-21(26)18-6-4-5-7-19(18)25;1-3-12-26-19-10-8-16(13-15(19)2)9-11-20(24)23-18-7-5-4-6-17(18)22-14-21(23)25;2*1-14-7-8-16(13-15(14)2)9-10-20(23)21-12-11-19(22)17-5-3-4-6-18(17)21;1-13-7-8-15(11-14(13)2)9-10-18(22)21-12-20-19(23)16-5-3-4-6-17(16)21;1-12-7-8-14(11-13(12)2)9-10-17(21)20-16-6-4-3-5-15(16)18(22)24-19(20)23/h1,4-9,11-12,14H,10H2,2H3;1,4-11,13,22H,12,14H2,2H3;3-10,13H,11-12H2,1-2H3;3-13H,1-2H3;3-12H,1-2H3;3-11H,1-2H3/b17-12+;11-9+;4*10-9+. The summed E-state index contributed by atoms with van der Waals surface area (Å²) in [4.78, 5) is 169. The van der Waals surface area contributed by atoms with E-state index < -0.39 is 28.8 Å². The maximum atomic E-state index is 12.9. The third-order valence-corrected chi connectivity index (χ3v) is 24.1. The molecule has 2 aliphatic rings. The van der Waals surface area contributed by atoms with E-state index in [9.17, 15) is 67.6 Å². The van der Waals surface area contributed by atoms with Crippen molar-refractivity contribution in [2.45, 2.75) is 75.7 Å². The first-order chi connectivity index (χ1) is 70.8. The maximum Gasteiger partial charge on any atom is 0.429 e. The molecular formula is C121H100N10O16. The predicted octanol–water partition coefficient (Wildman–Crippen LogP) is 20.2. The van der Waals surface area contributed by atoms with Crippen LogP contribution in [0.25, 0.3) is 80.1 Å². The van der Waals surface area contributed by atoms with E-state index in [0.29, 0.717) is 79.7 Å². The molecule has 6 heterocycles. The molecule has 0 aliphatic carbocycles. The molecule has 1 N–H and O–H groups in total. The van der Waals surface area contributed by atoms with Crippen molar-refractivity contribution in [2.24, 2.45) is 0 Å². The number of aryl methyl sites for hydroxylation is 10. The summed E-state index contributed by atoms with van der Waals surface area (Å²) >= 11 is 0. The van der Waals surface area contributed by atoms with Crippen LogP contribution in [-0.2, 0) is 14.4 Å². The number of terminal acetylenes is 2. The zero-order valence-corrected chi connectivity index (χ0v) is 82.2. The molecule has 730 valence electrons. The van der Waals surface area contributed by atoms with Gasteiger partial charge in [0, 0.05) is 66.6 Å². The van der Waals surface area contributed by atoms with Gasteiger partial charge in [0.25, 0.3) is 52.5 Å². The van der Waals surface area contributed by atoms with Crippen molar-refractivity contribution in [3.63, 3.8) is 0 Å². The SMILES string of the molecule is C#CCOc1ccc(/C=C(\C#N)C(=O)n2cnc(=O)c3ccccc32)cc1C.C#CCOc1ccc(/C=C/C(=O)N2C(=O)CNc3ccccc32)cc1C.Cc1ccc(/C=C/C(=O)N2CCC(=O)c3ccccc32)cc1C.Cc1ccc(/C=C/C(=O)n2c(=O)oc(=O)c3ccccc32)cc1C.Cc1ccc(/C=C/C(=O)n2ccc(=O)c3ccccc32)cc1C.Cc1ccc(/C=C/C(=O)n2cnc(=O)c3ccccc32)cc1C. The highest BCUT2D eigenvalue weighted by molar-refractivity contribution is 6.23. The van der Waals surface area contributed by atoms with E-state index in [1.54, 1.807) is 151 Å². The summed E-state index contributed by atoms with van der Waals surface area (Å²) < 4.78 is 20.4. The third kappa shape index (κ3) is 26.4. The van der Waals surface area contributed by atoms with Gasteiger partial charge in [0.05, 0.1) is 61.8 Å². The van der Waals surface area contributed by atoms with Gasteiger partial charge in [0.15, 0.2) is 11.2 Å². The number of para-hydroxylation sites is 7. The molecule has 12 aromatic carbocycles. The van der Waals surface area contributed by atoms with Crippen LogP contribution in [0, 0.1) is 105 Å². The van der Waals surface area contributed by atoms with Crippen LogP contribution < -0.4 is 52.5 Å². The Balaban J connectivity index is 0.000000148. The van der Waals surface area contributed by atoms with Crippen LogP contribution >= 0.6 is 0 Å². The number of nitrogens with zero attached hydrogens (tertiary/aromatic N) is 9. The largest absolute Gasteiger partial charge is 0.481 e. The minimum Gasteiger partial charge on any atom is -0.481 e. The van der Waals surface area contributed by atoms with Crippen molar-refractivity contribution >= 4 is 144 Å². The molecule has 0 radical (unpaired) electrons. The van der Waals surface area contributed by atoms with Crippen molar-refractivity contribution in [1.82, 2.24) is 28.2 Å². The fourth-order valence-corrected chi connectivity index (χ4v) is 15.6. The molecule has 0 spiro atoms. The second-order valence-corrected chi connectivity index (χ2v) is 34.1. The lowest BCUT2D eigenvalue weighted by Gasteiger charge is -2.27. The molecule has 0 atom stereocenters. The zero-order chi connectivity index (χ0) is 105. The van der Waals surface area contributed by atoms with Gasteiger partial charge in [-0.1, -0.05) is 170 Å². The van der Waals surface area contributed by atoms with E-state index >= 15 is 0 Å². The molecule has 0 unspecified atom stereocenters. The van der Waals surface area contributed by atoms with E-state index in [1.807, 2.05) is 182 Å². The summed E-state index contributed by atoms with van der Waals surface area (Å²) in [5.41, 5.74) is 19.3. The van der Waals surface area contributed by atoms with Crippen LogP contribution in [0.2, 0.25) is 0 Å². The van der Waals surface area contributed by atoms with Gasteiger partial charge < -0.3 is 24.1 Å². The highest BCUT2D eigenvalue weighted by atomic mass is 16.5. The Kier molecular flexibility index (Phi) is 35.0. The number of ketones is 1. The van der Waals surface area contributed by atoms with Crippen LogP contribution in [0.1, 0.15) is 125 Å². The van der Waals surface area contributed by atoms with Gasteiger partial charge in [0.2, 0.25) is 0 Å². The van der Waals surface area contributed by atoms with Gasteiger partial charge in [-0.2, -0.15) is 15.2 Å². The number of nitrogens with one attached hydrogen (secondary N) is 1. The molecule has 147 heavy (non-hydrogen) atoms. The number of carbonyl (C=O) groups excluding carboxylic acids is 8. The number of anilines is 3. The lowest BCUT2D eigenvalue weighted by Crippen LogP contribution is -2.43. The van der Waals surface area contributed by atoms with Crippen LogP contribution in [-0.4, -0.2) is 102 Å². The van der Waals surface area contributed by atoms with Crippen molar-refractivity contribution in [2.75, 3.05) is 41.4 Å². The number of benzene rings is 12. The summed E-state index contributed by atoms with van der Waals surface area (Å²) in [6.07, 6.45) is 32.2. The number of hydrogen-bond donors (Lipinski definition) is 1. The number of Topliss-reactive ketones (excluding diaryl/α,β-unsaturated/α-hetero) is 1. The molecule has 0 saturated heterocycles. The van der Waals surface area contributed by atoms with Gasteiger partial charge in [0.1, 0.15) is 49.0 Å². The molecule has 4 aromatic heterocycles. The van der Waals surface area contributed by atoms with E-state index in [0.717, 1.165) is 66.7 Å². The van der Waals surface area contributed by atoms with Crippen LogP contribution in [0.3, 0.4) is 0 Å².